The topological polar surface area (TPSA) is 125 Å². The number of nitrogens with one attached hydrogen (secondary N) is 1. The summed E-state index contributed by atoms with van der Waals surface area (Å²) in [4.78, 5) is 56.3. The summed E-state index contributed by atoms with van der Waals surface area (Å²) in [6, 6.07) is -1.57. The molecule has 0 aromatic heterocycles. The maximum Gasteiger partial charge on any atom is 0.312 e. The molecule has 0 radical (unpaired) electrons. The zero-order chi connectivity index (χ0) is 28.0. The quantitative estimate of drug-likeness (QED) is 0.242. The van der Waals surface area contributed by atoms with Crippen molar-refractivity contribution in [1.29, 1.82) is 0 Å². The third-order valence-corrected chi connectivity index (χ3v) is 7.91. The van der Waals surface area contributed by atoms with Gasteiger partial charge in [-0.25, -0.2) is 0 Å². The molecule has 10 heteroatoms. The van der Waals surface area contributed by atoms with Gasteiger partial charge in [0.2, 0.25) is 17.7 Å². The van der Waals surface area contributed by atoms with Crippen LogP contribution in [0.3, 0.4) is 0 Å². The average Bonchev–Trinajstić information content (AvgIpc) is 3.55. The van der Waals surface area contributed by atoms with E-state index in [0.717, 1.165) is 12.8 Å². The Bertz CT molecular complexity index is 924. The molecule has 2 N–H and O–H groups in total. The number of aliphatic hydroxyl groups excluding tert-OH is 1. The van der Waals surface area contributed by atoms with E-state index in [0.29, 0.717) is 38.8 Å². The van der Waals surface area contributed by atoms with E-state index in [1.807, 2.05) is 6.92 Å². The van der Waals surface area contributed by atoms with Crippen LogP contribution in [0.4, 0.5) is 0 Å². The Labute approximate surface area is 225 Å². The van der Waals surface area contributed by atoms with Gasteiger partial charge in [-0.15, -0.1) is 13.2 Å². The molecule has 3 amide bonds. The van der Waals surface area contributed by atoms with E-state index in [1.54, 1.807) is 30.9 Å². The highest BCUT2D eigenvalue weighted by Gasteiger charge is 2.75. The Morgan fingerprint density at radius 3 is 2.68 bits per heavy atom. The summed E-state index contributed by atoms with van der Waals surface area (Å²) in [6.45, 7) is 13.5. The summed E-state index contributed by atoms with van der Waals surface area (Å²) in [5.74, 6) is -3.08. The highest BCUT2D eigenvalue weighted by atomic mass is 16.6. The summed E-state index contributed by atoms with van der Waals surface area (Å²) in [6.07, 6.45) is 5.72. The first-order valence-corrected chi connectivity index (χ1v) is 13.7. The Hall–Kier alpha value is -2.72. The molecule has 0 saturated carbocycles. The van der Waals surface area contributed by atoms with Crippen molar-refractivity contribution in [3.05, 3.63) is 25.3 Å². The first kappa shape index (κ1) is 29.8. The van der Waals surface area contributed by atoms with Crippen LogP contribution in [0.15, 0.2) is 25.3 Å². The number of amides is 3. The monoisotopic (exact) mass is 533 g/mol. The van der Waals surface area contributed by atoms with Gasteiger partial charge in [0, 0.05) is 19.5 Å². The van der Waals surface area contributed by atoms with E-state index in [-0.39, 0.29) is 30.9 Å². The molecule has 0 aromatic rings. The number of allylic oxidation sites excluding steroid dienone is 1. The van der Waals surface area contributed by atoms with Gasteiger partial charge in [-0.1, -0.05) is 25.5 Å². The van der Waals surface area contributed by atoms with E-state index in [4.69, 9.17) is 9.47 Å². The Balaban J connectivity index is 1.83. The highest BCUT2D eigenvalue weighted by molar-refractivity contribution is 5.98. The van der Waals surface area contributed by atoms with Crippen molar-refractivity contribution >= 4 is 23.7 Å². The molecule has 0 unspecified atom stereocenters. The molecule has 10 nitrogen and oxygen atoms in total. The van der Waals surface area contributed by atoms with E-state index < -0.39 is 47.7 Å². The number of carbonyl (C=O) groups is 4. The number of ether oxygens (including phenoxy) is 2. The summed E-state index contributed by atoms with van der Waals surface area (Å²) < 4.78 is 12.1. The number of hydrogen-bond acceptors (Lipinski definition) is 7. The van der Waals surface area contributed by atoms with Gasteiger partial charge in [0.15, 0.2) is 0 Å². The molecule has 38 heavy (non-hydrogen) atoms. The number of carbonyl (C=O) groups excluding carboxylic acids is 4. The van der Waals surface area contributed by atoms with Crippen molar-refractivity contribution in [3.63, 3.8) is 0 Å². The number of unbranched alkanes of at least 4 members (excludes halogenated alkanes) is 1. The van der Waals surface area contributed by atoms with Crippen LogP contribution in [0.2, 0.25) is 0 Å². The van der Waals surface area contributed by atoms with Crippen molar-refractivity contribution in [2.45, 2.75) is 89.2 Å². The molecular formula is C28H43N3O7. The Morgan fingerprint density at radius 1 is 1.32 bits per heavy atom. The smallest absolute Gasteiger partial charge is 0.312 e. The third-order valence-electron chi connectivity index (χ3n) is 7.91. The summed E-state index contributed by atoms with van der Waals surface area (Å²) >= 11 is 0. The molecule has 3 aliphatic rings. The molecule has 3 aliphatic heterocycles. The van der Waals surface area contributed by atoms with Crippen molar-refractivity contribution in [2.75, 3.05) is 26.2 Å². The minimum atomic E-state index is -1.15. The first-order chi connectivity index (χ1) is 18.2. The maximum absolute atomic E-state index is 14.0. The van der Waals surface area contributed by atoms with Crippen LogP contribution in [-0.2, 0) is 28.7 Å². The van der Waals surface area contributed by atoms with Crippen LogP contribution in [0.1, 0.15) is 59.3 Å². The van der Waals surface area contributed by atoms with Crippen LogP contribution in [0.25, 0.3) is 0 Å². The highest BCUT2D eigenvalue weighted by Crippen LogP contribution is 2.59. The van der Waals surface area contributed by atoms with Crippen LogP contribution >= 0.6 is 0 Å². The second kappa shape index (κ2) is 12.9. The van der Waals surface area contributed by atoms with Crippen LogP contribution in [0.5, 0.6) is 0 Å². The predicted molar refractivity (Wildman–Crippen MR) is 141 cm³/mol. The molecule has 212 valence electrons. The maximum atomic E-state index is 14.0. The van der Waals surface area contributed by atoms with Gasteiger partial charge in [0.25, 0.3) is 0 Å². The minimum absolute atomic E-state index is 0.145. The Kier molecular flexibility index (Phi) is 10.1. The number of rotatable bonds is 15. The van der Waals surface area contributed by atoms with Crippen LogP contribution < -0.4 is 5.32 Å². The zero-order valence-corrected chi connectivity index (χ0v) is 22.9. The van der Waals surface area contributed by atoms with Gasteiger partial charge >= 0.3 is 5.97 Å². The summed E-state index contributed by atoms with van der Waals surface area (Å²) in [7, 11) is 0. The molecule has 3 rings (SSSR count). The lowest BCUT2D eigenvalue weighted by molar-refractivity contribution is -0.160. The molecule has 0 aromatic carbocycles. The molecule has 3 heterocycles. The number of nitrogens with zero attached hydrogens (tertiary/aromatic N) is 2. The summed E-state index contributed by atoms with van der Waals surface area (Å²) in [5.41, 5.74) is -1.15. The van der Waals surface area contributed by atoms with Crippen molar-refractivity contribution in [3.8, 4) is 0 Å². The minimum Gasteiger partial charge on any atom is -0.460 e. The second-order valence-corrected chi connectivity index (χ2v) is 10.6. The number of likely N-dealkylation sites (tertiary alicyclic amines) is 1. The largest absolute Gasteiger partial charge is 0.460 e. The zero-order valence-electron chi connectivity index (χ0n) is 22.9. The van der Waals surface area contributed by atoms with Crippen molar-refractivity contribution in [1.82, 2.24) is 15.1 Å². The van der Waals surface area contributed by atoms with E-state index in [1.165, 1.54) is 4.90 Å². The number of aliphatic hydroxyl groups is 1. The molecular weight excluding hydrogens is 490 g/mol. The van der Waals surface area contributed by atoms with Gasteiger partial charge < -0.3 is 29.7 Å². The molecule has 3 saturated heterocycles. The number of hydrogen-bond donors (Lipinski definition) is 2. The molecule has 7 atom stereocenters. The lowest BCUT2D eigenvalue weighted by atomic mass is 9.70. The standard InChI is InChI=1S/C28H43N3O7/c1-6-9-11-21(33)29-16-19(5)37-27(36)22-20-12-13-28(38-20)23(22)25(34)31(18(4)17-32)24(28)26(35)30(14-8-3)15-10-7-2/h6,8,18-20,22-24,32H,1,3,7,9-17H2,2,4-5H3,(H,29,33)/t18-,19+,20+,22-,23-,24+,28-/m1/s1. The fourth-order valence-corrected chi connectivity index (χ4v) is 6.07. The van der Waals surface area contributed by atoms with Gasteiger partial charge in [-0.3, -0.25) is 19.2 Å². The summed E-state index contributed by atoms with van der Waals surface area (Å²) in [5, 5.41) is 12.7. The van der Waals surface area contributed by atoms with Gasteiger partial charge in [0.05, 0.1) is 37.1 Å². The molecule has 2 bridgehead atoms. The fourth-order valence-electron chi connectivity index (χ4n) is 6.07. The third kappa shape index (κ3) is 5.66. The van der Waals surface area contributed by atoms with Gasteiger partial charge in [-0.2, -0.15) is 0 Å². The molecule has 1 spiro atoms. The van der Waals surface area contributed by atoms with E-state index in [9.17, 15) is 24.3 Å². The van der Waals surface area contributed by atoms with E-state index in [2.05, 4.69) is 18.5 Å². The molecule has 0 aliphatic carbocycles. The number of esters is 1. The fraction of sp³-hybridized carbons (Fsp3) is 0.714. The van der Waals surface area contributed by atoms with Crippen LogP contribution in [0, 0.1) is 11.8 Å². The second-order valence-electron chi connectivity index (χ2n) is 10.6. The lowest BCUT2D eigenvalue weighted by Gasteiger charge is -2.38. The SMILES string of the molecule is C=CCCC(=O)NC[C@H](C)OC(=O)[C@@H]1[C@@H]2CC[C@]3(O2)[C@H](C(=O)N(CC=C)CCCC)N([C@H](C)CO)C(=O)[C@@H]13. The first-order valence-electron chi connectivity index (χ1n) is 13.7. The average molecular weight is 534 g/mol. The molecule has 3 fully saturated rings. The Morgan fingerprint density at radius 2 is 2.05 bits per heavy atom. The van der Waals surface area contributed by atoms with Crippen molar-refractivity contribution in [2.24, 2.45) is 11.8 Å². The van der Waals surface area contributed by atoms with Gasteiger partial charge in [-0.05, 0) is 39.5 Å². The number of fused-ring (bicyclic) bond motifs is 1. The van der Waals surface area contributed by atoms with Crippen molar-refractivity contribution < 1.29 is 33.8 Å². The lowest BCUT2D eigenvalue weighted by Crippen LogP contribution is -2.58. The normalized spacial score (nSPS) is 28.9. The van der Waals surface area contributed by atoms with E-state index >= 15 is 0 Å². The predicted octanol–water partition coefficient (Wildman–Crippen LogP) is 1.57. The van der Waals surface area contributed by atoms with Crippen LogP contribution in [-0.4, -0.2) is 94.7 Å². The van der Waals surface area contributed by atoms with Gasteiger partial charge in [0.1, 0.15) is 17.7 Å².